The van der Waals surface area contributed by atoms with E-state index in [4.69, 9.17) is 10.5 Å². The number of anilines is 1. The van der Waals surface area contributed by atoms with Gasteiger partial charge in [-0.1, -0.05) is 0 Å². The molecule has 2 N–H and O–H groups in total. The Morgan fingerprint density at radius 3 is 2.92 bits per heavy atom. The molecule has 0 aromatic carbocycles. The van der Waals surface area contributed by atoms with Crippen molar-refractivity contribution in [2.45, 2.75) is 0 Å². The molecule has 5 nitrogen and oxygen atoms in total. The number of carbonyl (C=O) groups excluding carboxylic acids is 1. The lowest BCUT2D eigenvalue weighted by atomic mass is 10.4. The molecule has 0 spiro atoms. The van der Waals surface area contributed by atoms with E-state index >= 15 is 0 Å². The standard InChI is InChI=1S/C8H10N2O3/c1-12-8(11)5-13-7-3-2-6(9)4-10-7/h2-4H,5,9H2,1H3. The van der Waals surface area contributed by atoms with Gasteiger partial charge >= 0.3 is 5.97 Å². The summed E-state index contributed by atoms with van der Waals surface area (Å²) in [6, 6.07) is 3.22. The van der Waals surface area contributed by atoms with Crippen molar-refractivity contribution in [3.63, 3.8) is 0 Å². The molecule has 0 saturated carbocycles. The van der Waals surface area contributed by atoms with Gasteiger partial charge in [0.15, 0.2) is 6.61 Å². The van der Waals surface area contributed by atoms with Gasteiger partial charge < -0.3 is 15.2 Å². The van der Waals surface area contributed by atoms with Gasteiger partial charge in [-0.2, -0.15) is 0 Å². The SMILES string of the molecule is COC(=O)COc1ccc(N)cn1. The third-order valence-electron chi connectivity index (χ3n) is 1.32. The number of rotatable bonds is 3. The van der Waals surface area contributed by atoms with Crippen molar-refractivity contribution < 1.29 is 14.3 Å². The Morgan fingerprint density at radius 1 is 1.62 bits per heavy atom. The molecule has 13 heavy (non-hydrogen) atoms. The van der Waals surface area contributed by atoms with Crippen molar-refractivity contribution in [1.29, 1.82) is 0 Å². The summed E-state index contributed by atoms with van der Waals surface area (Å²) in [5.41, 5.74) is 5.95. The van der Waals surface area contributed by atoms with Gasteiger partial charge in [-0.25, -0.2) is 9.78 Å². The van der Waals surface area contributed by atoms with Gasteiger partial charge in [0.05, 0.1) is 19.0 Å². The number of pyridine rings is 1. The van der Waals surface area contributed by atoms with Crippen molar-refractivity contribution in [2.75, 3.05) is 19.5 Å². The first-order chi connectivity index (χ1) is 6.22. The van der Waals surface area contributed by atoms with Gasteiger partial charge in [-0.05, 0) is 6.07 Å². The van der Waals surface area contributed by atoms with E-state index in [1.807, 2.05) is 0 Å². The Bertz CT molecular complexity index is 284. The molecule has 0 aliphatic carbocycles. The van der Waals surface area contributed by atoms with E-state index in [1.165, 1.54) is 13.3 Å². The highest BCUT2D eigenvalue weighted by molar-refractivity contribution is 5.70. The van der Waals surface area contributed by atoms with Gasteiger partial charge in [0.2, 0.25) is 5.88 Å². The molecule has 0 aliphatic rings. The van der Waals surface area contributed by atoms with Crippen LogP contribution < -0.4 is 10.5 Å². The van der Waals surface area contributed by atoms with Crippen LogP contribution in [0.3, 0.4) is 0 Å². The number of hydrogen-bond donors (Lipinski definition) is 1. The average Bonchev–Trinajstić information content (AvgIpc) is 2.16. The third-order valence-corrected chi connectivity index (χ3v) is 1.32. The zero-order valence-electron chi connectivity index (χ0n) is 7.19. The second-order valence-corrected chi connectivity index (χ2v) is 2.29. The first-order valence-electron chi connectivity index (χ1n) is 3.63. The number of nitrogen functional groups attached to an aromatic ring is 1. The molecule has 70 valence electrons. The molecule has 5 heteroatoms. The monoisotopic (exact) mass is 182 g/mol. The lowest BCUT2D eigenvalue weighted by molar-refractivity contribution is -0.143. The number of methoxy groups -OCH3 is 1. The van der Waals surface area contributed by atoms with Crippen LogP contribution in [0.25, 0.3) is 0 Å². The predicted molar refractivity (Wildman–Crippen MR) is 46.2 cm³/mol. The highest BCUT2D eigenvalue weighted by Crippen LogP contribution is 2.07. The highest BCUT2D eigenvalue weighted by atomic mass is 16.6. The highest BCUT2D eigenvalue weighted by Gasteiger charge is 2.01. The van der Waals surface area contributed by atoms with Crippen molar-refractivity contribution in [3.8, 4) is 5.88 Å². The fourth-order valence-corrected chi connectivity index (χ4v) is 0.669. The number of ether oxygens (including phenoxy) is 2. The Balaban J connectivity index is 2.46. The summed E-state index contributed by atoms with van der Waals surface area (Å²) < 4.78 is 9.35. The van der Waals surface area contributed by atoms with Gasteiger partial charge in [-0.15, -0.1) is 0 Å². The van der Waals surface area contributed by atoms with Crippen LogP contribution in [-0.2, 0) is 9.53 Å². The minimum atomic E-state index is -0.446. The fourth-order valence-electron chi connectivity index (χ4n) is 0.669. The Hall–Kier alpha value is -1.78. The first kappa shape index (κ1) is 9.31. The van der Waals surface area contributed by atoms with Crippen molar-refractivity contribution in [1.82, 2.24) is 4.98 Å². The van der Waals surface area contributed by atoms with Crippen LogP contribution in [0.4, 0.5) is 5.69 Å². The number of aromatic nitrogens is 1. The van der Waals surface area contributed by atoms with E-state index in [-0.39, 0.29) is 6.61 Å². The second-order valence-electron chi connectivity index (χ2n) is 2.29. The molecule has 0 radical (unpaired) electrons. The normalized spacial score (nSPS) is 9.31. The van der Waals surface area contributed by atoms with Crippen LogP contribution in [0, 0.1) is 0 Å². The number of nitrogens with zero attached hydrogens (tertiary/aromatic N) is 1. The van der Waals surface area contributed by atoms with Crippen LogP contribution in [0.1, 0.15) is 0 Å². The zero-order valence-corrected chi connectivity index (χ0v) is 7.19. The maximum absolute atomic E-state index is 10.7. The van der Waals surface area contributed by atoms with E-state index < -0.39 is 5.97 Å². The summed E-state index contributed by atoms with van der Waals surface area (Å²) in [6.45, 7) is -0.145. The van der Waals surface area contributed by atoms with Crippen LogP contribution in [-0.4, -0.2) is 24.7 Å². The molecule has 0 fully saturated rings. The molecule has 0 atom stereocenters. The molecule has 1 rings (SSSR count). The summed E-state index contributed by atoms with van der Waals surface area (Å²) in [4.78, 5) is 14.5. The van der Waals surface area contributed by atoms with Crippen molar-refractivity contribution in [2.24, 2.45) is 0 Å². The maximum Gasteiger partial charge on any atom is 0.343 e. The Kier molecular flexibility index (Phi) is 3.08. The van der Waals surface area contributed by atoms with Gasteiger partial charge in [0.25, 0.3) is 0 Å². The van der Waals surface area contributed by atoms with Crippen LogP contribution in [0.2, 0.25) is 0 Å². The molecule has 0 amide bonds. The number of nitrogens with two attached hydrogens (primary N) is 1. The number of carbonyl (C=O) groups is 1. The van der Waals surface area contributed by atoms with Crippen molar-refractivity contribution >= 4 is 11.7 Å². The Labute approximate surface area is 75.5 Å². The summed E-state index contributed by atoms with van der Waals surface area (Å²) >= 11 is 0. The molecule has 0 saturated heterocycles. The van der Waals surface area contributed by atoms with E-state index in [2.05, 4.69) is 9.72 Å². The smallest absolute Gasteiger partial charge is 0.343 e. The molecular formula is C8H10N2O3. The van der Waals surface area contributed by atoms with Gasteiger partial charge in [0, 0.05) is 6.07 Å². The van der Waals surface area contributed by atoms with Gasteiger partial charge in [-0.3, -0.25) is 0 Å². The molecule has 0 unspecified atom stereocenters. The molecule has 1 aromatic heterocycles. The molecule has 1 heterocycles. The molecule has 0 aliphatic heterocycles. The summed E-state index contributed by atoms with van der Waals surface area (Å²) in [5, 5.41) is 0. The Morgan fingerprint density at radius 2 is 2.38 bits per heavy atom. The van der Waals surface area contributed by atoms with Crippen LogP contribution in [0.5, 0.6) is 5.88 Å². The van der Waals surface area contributed by atoms with E-state index in [1.54, 1.807) is 12.1 Å². The van der Waals surface area contributed by atoms with E-state index in [0.29, 0.717) is 11.6 Å². The largest absolute Gasteiger partial charge is 0.466 e. The average molecular weight is 182 g/mol. The number of hydrogen-bond acceptors (Lipinski definition) is 5. The lowest BCUT2D eigenvalue weighted by Crippen LogP contribution is -2.13. The quantitative estimate of drug-likeness (QED) is 0.676. The first-order valence-corrected chi connectivity index (χ1v) is 3.63. The molecule has 1 aromatic rings. The zero-order chi connectivity index (χ0) is 9.68. The van der Waals surface area contributed by atoms with Gasteiger partial charge in [0.1, 0.15) is 0 Å². The predicted octanol–water partition coefficient (Wildman–Crippen LogP) is 0.216. The van der Waals surface area contributed by atoms with E-state index in [0.717, 1.165) is 0 Å². The second kappa shape index (κ2) is 4.30. The topological polar surface area (TPSA) is 74.4 Å². The molecule has 0 bridgehead atoms. The van der Waals surface area contributed by atoms with Crippen molar-refractivity contribution in [3.05, 3.63) is 18.3 Å². The summed E-state index contributed by atoms with van der Waals surface area (Å²) in [6.07, 6.45) is 1.45. The minimum absolute atomic E-state index is 0.145. The fraction of sp³-hybridized carbons (Fsp3) is 0.250. The maximum atomic E-state index is 10.7. The van der Waals surface area contributed by atoms with E-state index in [9.17, 15) is 4.79 Å². The third kappa shape index (κ3) is 2.98. The summed E-state index contributed by atoms with van der Waals surface area (Å²) in [7, 11) is 1.29. The van der Waals surface area contributed by atoms with Crippen LogP contribution >= 0.6 is 0 Å². The summed E-state index contributed by atoms with van der Waals surface area (Å²) in [5.74, 6) is -0.0989. The number of esters is 1. The lowest BCUT2D eigenvalue weighted by Gasteiger charge is -2.02. The van der Waals surface area contributed by atoms with Crippen LogP contribution in [0.15, 0.2) is 18.3 Å². The minimum Gasteiger partial charge on any atom is -0.466 e. The molecular weight excluding hydrogens is 172 g/mol.